The quantitative estimate of drug-likeness (QED) is 0.803. The van der Waals surface area contributed by atoms with Gasteiger partial charge in [0.1, 0.15) is 6.54 Å². The van der Waals surface area contributed by atoms with Crippen molar-refractivity contribution in [1.82, 2.24) is 9.88 Å². The lowest BCUT2D eigenvalue weighted by Gasteiger charge is -2.05. The van der Waals surface area contributed by atoms with Crippen LogP contribution in [-0.4, -0.2) is 22.6 Å². The number of aliphatic hydroxyl groups excluding tert-OH is 1. The third-order valence-electron chi connectivity index (χ3n) is 2.67. The average Bonchev–Trinajstić information content (AvgIpc) is 2.72. The van der Waals surface area contributed by atoms with E-state index in [1.54, 1.807) is 7.05 Å². The molecule has 2 aromatic rings. The van der Waals surface area contributed by atoms with Gasteiger partial charge in [-0.25, -0.2) is 0 Å². The third-order valence-corrected chi connectivity index (χ3v) is 2.67. The van der Waals surface area contributed by atoms with Crippen molar-refractivity contribution in [3.63, 3.8) is 0 Å². The Kier molecular flexibility index (Phi) is 2.92. The highest BCUT2D eigenvalue weighted by molar-refractivity contribution is 5.85. The van der Waals surface area contributed by atoms with Crippen LogP contribution in [0.25, 0.3) is 10.9 Å². The molecular weight excluding hydrogens is 204 g/mol. The predicted molar refractivity (Wildman–Crippen MR) is 61.9 cm³/mol. The van der Waals surface area contributed by atoms with Crippen LogP contribution in [0.3, 0.4) is 0 Å². The molecule has 0 atom stereocenters. The van der Waals surface area contributed by atoms with Gasteiger partial charge in [-0.1, -0.05) is 12.1 Å². The molecule has 2 rings (SSSR count). The first-order valence-electron chi connectivity index (χ1n) is 5.14. The van der Waals surface area contributed by atoms with Crippen molar-refractivity contribution in [3.8, 4) is 0 Å². The number of fused-ring (bicyclic) bond motifs is 1. The minimum Gasteiger partial charge on any atom is -0.392 e. The van der Waals surface area contributed by atoms with Gasteiger partial charge in [0.2, 0.25) is 5.91 Å². The smallest absolute Gasteiger partial charge is 0.239 e. The Labute approximate surface area is 93.5 Å². The van der Waals surface area contributed by atoms with E-state index >= 15 is 0 Å². The van der Waals surface area contributed by atoms with Gasteiger partial charge in [0.05, 0.1) is 6.61 Å². The van der Waals surface area contributed by atoms with E-state index in [1.165, 1.54) is 0 Å². The number of likely N-dealkylation sites (N-methyl/N-ethyl adjacent to an activating group) is 1. The highest BCUT2D eigenvalue weighted by atomic mass is 16.3. The fourth-order valence-electron chi connectivity index (χ4n) is 1.80. The van der Waals surface area contributed by atoms with E-state index in [2.05, 4.69) is 5.32 Å². The number of amides is 1. The molecule has 0 unspecified atom stereocenters. The van der Waals surface area contributed by atoms with Crippen molar-refractivity contribution in [1.29, 1.82) is 0 Å². The lowest BCUT2D eigenvalue weighted by molar-refractivity contribution is -0.121. The molecule has 4 heteroatoms. The van der Waals surface area contributed by atoms with Crippen LogP contribution in [0.15, 0.2) is 30.5 Å². The molecular formula is C12H14N2O2. The molecule has 0 saturated carbocycles. The fraction of sp³-hybridized carbons (Fsp3) is 0.250. The van der Waals surface area contributed by atoms with Crippen LogP contribution >= 0.6 is 0 Å². The van der Waals surface area contributed by atoms with E-state index < -0.39 is 0 Å². The Bertz CT molecular complexity index is 517. The Morgan fingerprint density at radius 1 is 1.44 bits per heavy atom. The Balaban J connectivity index is 2.45. The second-order valence-electron chi connectivity index (χ2n) is 3.62. The van der Waals surface area contributed by atoms with Crippen LogP contribution in [-0.2, 0) is 17.9 Å². The summed E-state index contributed by atoms with van der Waals surface area (Å²) in [5.41, 5.74) is 1.85. The summed E-state index contributed by atoms with van der Waals surface area (Å²) in [6.45, 7) is 0.316. The molecule has 84 valence electrons. The van der Waals surface area contributed by atoms with Gasteiger partial charge in [-0.3, -0.25) is 4.79 Å². The number of carbonyl (C=O) groups is 1. The van der Waals surface area contributed by atoms with Gasteiger partial charge >= 0.3 is 0 Å². The molecule has 1 aromatic carbocycles. The van der Waals surface area contributed by atoms with Crippen molar-refractivity contribution in [2.24, 2.45) is 0 Å². The molecule has 0 aliphatic carbocycles. The van der Waals surface area contributed by atoms with Crippen molar-refractivity contribution >= 4 is 16.8 Å². The number of aliphatic hydroxyl groups is 1. The zero-order chi connectivity index (χ0) is 11.5. The second kappa shape index (κ2) is 4.37. The highest BCUT2D eigenvalue weighted by Crippen LogP contribution is 2.20. The molecule has 0 radical (unpaired) electrons. The largest absolute Gasteiger partial charge is 0.392 e. The van der Waals surface area contributed by atoms with E-state index in [9.17, 15) is 9.90 Å². The van der Waals surface area contributed by atoms with E-state index in [4.69, 9.17) is 0 Å². The molecule has 1 amide bonds. The van der Waals surface area contributed by atoms with Crippen LogP contribution in [0.2, 0.25) is 0 Å². The van der Waals surface area contributed by atoms with Crippen LogP contribution in [0.5, 0.6) is 0 Å². The maximum absolute atomic E-state index is 11.3. The second-order valence-corrected chi connectivity index (χ2v) is 3.62. The van der Waals surface area contributed by atoms with Crippen molar-refractivity contribution in [2.45, 2.75) is 13.2 Å². The summed E-state index contributed by atoms with van der Waals surface area (Å²) in [4.78, 5) is 11.3. The maximum Gasteiger partial charge on any atom is 0.239 e. The molecule has 0 bridgehead atoms. The summed E-state index contributed by atoms with van der Waals surface area (Å²) in [7, 11) is 1.62. The zero-order valence-electron chi connectivity index (χ0n) is 9.10. The number of nitrogens with zero attached hydrogens (tertiary/aromatic N) is 1. The SMILES string of the molecule is CNC(=O)Cn1ccc2c(CO)cccc21. The van der Waals surface area contributed by atoms with E-state index in [0.29, 0.717) is 6.54 Å². The average molecular weight is 218 g/mol. The number of benzene rings is 1. The summed E-state index contributed by atoms with van der Waals surface area (Å²) in [6.07, 6.45) is 1.86. The zero-order valence-corrected chi connectivity index (χ0v) is 9.10. The number of hydrogen-bond donors (Lipinski definition) is 2. The molecule has 4 nitrogen and oxygen atoms in total. The van der Waals surface area contributed by atoms with Gasteiger partial charge in [0, 0.05) is 24.1 Å². The van der Waals surface area contributed by atoms with Gasteiger partial charge < -0.3 is 15.0 Å². The molecule has 2 N–H and O–H groups in total. The molecule has 0 spiro atoms. The number of carbonyl (C=O) groups excluding carboxylic acids is 1. The highest BCUT2D eigenvalue weighted by Gasteiger charge is 2.06. The lowest BCUT2D eigenvalue weighted by atomic mass is 10.1. The predicted octanol–water partition coefficient (Wildman–Crippen LogP) is 0.880. The molecule has 0 aliphatic heterocycles. The van der Waals surface area contributed by atoms with E-state index in [1.807, 2.05) is 35.0 Å². The molecule has 0 saturated heterocycles. The fourth-order valence-corrected chi connectivity index (χ4v) is 1.80. The topological polar surface area (TPSA) is 54.3 Å². The first-order valence-corrected chi connectivity index (χ1v) is 5.14. The van der Waals surface area contributed by atoms with Gasteiger partial charge in [-0.2, -0.15) is 0 Å². The van der Waals surface area contributed by atoms with Crippen molar-refractivity contribution in [3.05, 3.63) is 36.0 Å². The van der Waals surface area contributed by atoms with E-state index in [-0.39, 0.29) is 12.5 Å². The summed E-state index contributed by atoms with van der Waals surface area (Å²) in [6, 6.07) is 7.63. The Hall–Kier alpha value is -1.81. The Morgan fingerprint density at radius 3 is 2.94 bits per heavy atom. The first kappa shape index (κ1) is 10.7. The van der Waals surface area contributed by atoms with Gasteiger partial charge in [0.15, 0.2) is 0 Å². The van der Waals surface area contributed by atoms with E-state index in [0.717, 1.165) is 16.5 Å². The molecule has 0 fully saturated rings. The summed E-state index contributed by atoms with van der Waals surface area (Å²) in [5, 5.41) is 12.8. The standard InChI is InChI=1S/C12H14N2O2/c1-13-12(16)7-14-6-5-10-9(8-15)3-2-4-11(10)14/h2-6,15H,7-8H2,1H3,(H,13,16). The molecule has 0 aliphatic rings. The minimum atomic E-state index is -0.0353. The van der Waals surface area contributed by atoms with Crippen LogP contribution in [0.4, 0.5) is 0 Å². The number of hydrogen-bond acceptors (Lipinski definition) is 2. The van der Waals surface area contributed by atoms with Crippen LogP contribution in [0, 0.1) is 0 Å². The summed E-state index contributed by atoms with van der Waals surface area (Å²) < 4.78 is 1.87. The summed E-state index contributed by atoms with van der Waals surface area (Å²) >= 11 is 0. The summed E-state index contributed by atoms with van der Waals surface area (Å²) in [5.74, 6) is -0.0353. The Morgan fingerprint density at radius 2 is 2.25 bits per heavy atom. The lowest BCUT2D eigenvalue weighted by Crippen LogP contribution is -2.22. The van der Waals surface area contributed by atoms with Gasteiger partial charge in [-0.05, 0) is 17.7 Å². The monoisotopic (exact) mass is 218 g/mol. The van der Waals surface area contributed by atoms with Gasteiger partial charge in [0.25, 0.3) is 0 Å². The van der Waals surface area contributed by atoms with Crippen molar-refractivity contribution < 1.29 is 9.90 Å². The van der Waals surface area contributed by atoms with Gasteiger partial charge in [-0.15, -0.1) is 0 Å². The molecule has 1 heterocycles. The number of nitrogens with one attached hydrogen (secondary N) is 1. The number of aromatic nitrogens is 1. The first-order chi connectivity index (χ1) is 7.76. The number of rotatable bonds is 3. The molecule has 16 heavy (non-hydrogen) atoms. The minimum absolute atomic E-state index is 0.0152. The maximum atomic E-state index is 11.3. The third kappa shape index (κ3) is 1.79. The van der Waals surface area contributed by atoms with Crippen LogP contribution < -0.4 is 5.32 Å². The van der Waals surface area contributed by atoms with Crippen molar-refractivity contribution in [2.75, 3.05) is 7.05 Å². The molecule has 1 aromatic heterocycles. The normalized spacial score (nSPS) is 10.6. The van der Waals surface area contributed by atoms with Crippen LogP contribution in [0.1, 0.15) is 5.56 Å².